The second-order valence-electron chi connectivity index (χ2n) is 3.57. The van der Waals surface area contributed by atoms with Gasteiger partial charge in [0.25, 0.3) is 0 Å². The zero-order chi connectivity index (χ0) is 9.80. The Bertz CT molecular complexity index is 271. The van der Waals surface area contributed by atoms with Crippen LogP contribution in [0.4, 0.5) is 0 Å². The third kappa shape index (κ3) is 2.48. The molecule has 0 saturated carbocycles. The molecule has 14 heavy (non-hydrogen) atoms. The molecule has 1 aromatic carbocycles. The highest BCUT2D eigenvalue weighted by molar-refractivity contribution is 5.20. The van der Waals surface area contributed by atoms with E-state index in [0.717, 1.165) is 25.2 Å². The molecule has 1 aliphatic rings. The number of epoxide rings is 1. The quantitative estimate of drug-likeness (QED) is 0.669. The topological polar surface area (TPSA) is 21.8 Å². The van der Waals surface area contributed by atoms with Gasteiger partial charge in [0, 0.05) is 6.42 Å². The molecule has 2 heteroatoms. The number of para-hydroxylation sites is 1. The molecule has 2 atom stereocenters. The molecule has 1 aliphatic heterocycles. The first-order chi connectivity index (χ1) is 6.90. The normalized spacial score (nSPS) is 24.6. The van der Waals surface area contributed by atoms with Gasteiger partial charge in [0.2, 0.25) is 0 Å². The minimum Gasteiger partial charge on any atom is -0.493 e. The molecule has 0 bridgehead atoms. The van der Waals surface area contributed by atoms with Gasteiger partial charge in [0.1, 0.15) is 5.75 Å². The Morgan fingerprint density at radius 3 is 2.64 bits per heavy atom. The number of hydrogen-bond acceptors (Lipinski definition) is 2. The van der Waals surface area contributed by atoms with Crippen LogP contribution < -0.4 is 4.74 Å². The number of benzene rings is 1. The number of ether oxygens (including phenoxy) is 2. The van der Waals surface area contributed by atoms with E-state index in [9.17, 15) is 0 Å². The van der Waals surface area contributed by atoms with Crippen molar-refractivity contribution in [3.63, 3.8) is 0 Å². The van der Waals surface area contributed by atoms with Crippen molar-refractivity contribution in [2.24, 2.45) is 0 Å². The molecule has 2 unspecified atom stereocenters. The van der Waals surface area contributed by atoms with Gasteiger partial charge in [-0.3, -0.25) is 0 Å². The van der Waals surface area contributed by atoms with Crippen molar-refractivity contribution in [2.75, 3.05) is 6.61 Å². The fourth-order valence-corrected chi connectivity index (χ4v) is 1.60. The van der Waals surface area contributed by atoms with Crippen molar-refractivity contribution in [1.29, 1.82) is 0 Å². The van der Waals surface area contributed by atoms with Crippen molar-refractivity contribution in [2.45, 2.75) is 32.0 Å². The standard InChI is InChI=1S/C12H16O2/c1-2-11-12(14-11)8-9-13-10-6-4-3-5-7-10/h3-7,11-12H,2,8-9H2,1H3. The van der Waals surface area contributed by atoms with Crippen LogP contribution in [-0.2, 0) is 4.74 Å². The Balaban J connectivity index is 1.64. The van der Waals surface area contributed by atoms with Gasteiger partial charge < -0.3 is 9.47 Å². The Morgan fingerprint density at radius 1 is 1.21 bits per heavy atom. The molecule has 76 valence electrons. The van der Waals surface area contributed by atoms with Crippen LogP contribution in [0.15, 0.2) is 30.3 Å². The fourth-order valence-electron chi connectivity index (χ4n) is 1.60. The van der Waals surface area contributed by atoms with E-state index in [1.807, 2.05) is 30.3 Å². The van der Waals surface area contributed by atoms with E-state index >= 15 is 0 Å². The summed E-state index contributed by atoms with van der Waals surface area (Å²) in [6.45, 7) is 2.91. The van der Waals surface area contributed by atoms with Crippen LogP contribution >= 0.6 is 0 Å². The van der Waals surface area contributed by atoms with Gasteiger partial charge in [0.15, 0.2) is 0 Å². The van der Waals surface area contributed by atoms with Crippen molar-refractivity contribution >= 4 is 0 Å². The molecular formula is C12H16O2. The van der Waals surface area contributed by atoms with Crippen LogP contribution in [0.5, 0.6) is 5.75 Å². The van der Waals surface area contributed by atoms with Gasteiger partial charge in [-0.1, -0.05) is 25.1 Å². The van der Waals surface area contributed by atoms with E-state index in [-0.39, 0.29) is 0 Å². The molecule has 0 aliphatic carbocycles. The van der Waals surface area contributed by atoms with E-state index in [0.29, 0.717) is 12.2 Å². The summed E-state index contributed by atoms with van der Waals surface area (Å²) in [7, 11) is 0. The lowest BCUT2D eigenvalue weighted by molar-refractivity contribution is 0.280. The van der Waals surface area contributed by atoms with Crippen LogP contribution in [0, 0.1) is 0 Å². The highest BCUT2D eigenvalue weighted by Crippen LogP contribution is 2.27. The third-order valence-electron chi connectivity index (χ3n) is 2.50. The Labute approximate surface area is 84.8 Å². The molecule has 1 aromatic rings. The maximum atomic E-state index is 5.57. The van der Waals surface area contributed by atoms with Gasteiger partial charge in [0.05, 0.1) is 18.8 Å². The third-order valence-corrected chi connectivity index (χ3v) is 2.50. The zero-order valence-electron chi connectivity index (χ0n) is 8.48. The van der Waals surface area contributed by atoms with Crippen molar-refractivity contribution < 1.29 is 9.47 Å². The summed E-state index contributed by atoms with van der Waals surface area (Å²) in [5, 5.41) is 0. The average molecular weight is 192 g/mol. The predicted octanol–water partition coefficient (Wildman–Crippen LogP) is 2.63. The molecule has 1 heterocycles. The molecule has 1 saturated heterocycles. The van der Waals surface area contributed by atoms with Crippen LogP contribution in [0.2, 0.25) is 0 Å². The molecule has 0 spiro atoms. The monoisotopic (exact) mass is 192 g/mol. The summed E-state index contributed by atoms with van der Waals surface area (Å²) < 4.78 is 11.0. The molecular weight excluding hydrogens is 176 g/mol. The number of hydrogen-bond donors (Lipinski definition) is 0. The van der Waals surface area contributed by atoms with E-state index in [1.165, 1.54) is 0 Å². The van der Waals surface area contributed by atoms with E-state index in [2.05, 4.69) is 6.92 Å². The zero-order valence-corrected chi connectivity index (χ0v) is 8.48. The van der Waals surface area contributed by atoms with Crippen LogP contribution in [0.3, 0.4) is 0 Å². The maximum Gasteiger partial charge on any atom is 0.119 e. The highest BCUT2D eigenvalue weighted by atomic mass is 16.6. The van der Waals surface area contributed by atoms with Crippen molar-refractivity contribution in [1.82, 2.24) is 0 Å². The predicted molar refractivity (Wildman–Crippen MR) is 55.5 cm³/mol. The lowest BCUT2D eigenvalue weighted by atomic mass is 10.2. The first-order valence-electron chi connectivity index (χ1n) is 5.23. The summed E-state index contributed by atoms with van der Waals surface area (Å²) in [6, 6.07) is 9.91. The second-order valence-corrected chi connectivity index (χ2v) is 3.57. The molecule has 0 radical (unpaired) electrons. The molecule has 2 nitrogen and oxygen atoms in total. The Morgan fingerprint density at radius 2 is 2.00 bits per heavy atom. The first-order valence-corrected chi connectivity index (χ1v) is 5.23. The number of rotatable bonds is 5. The van der Waals surface area contributed by atoms with Crippen molar-refractivity contribution in [3.05, 3.63) is 30.3 Å². The molecule has 0 N–H and O–H groups in total. The summed E-state index contributed by atoms with van der Waals surface area (Å²) >= 11 is 0. The SMILES string of the molecule is CCC1OC1CCOc1ccccc1. The van der Waals surface area contributed by atoms with Crippen LogP contribution in [0.25, 0.3) is 0 Å². The lowest BCUT2D eigenvalue weighted by Gasteiger charge is -2.03. The van der Waals surface area contributed by atoms with Gasteiger partial charge >= 0.3 is 0 Å². The summed E-state index contributed by atoms with van der Waals surface area (Å²) in [5.74, 6) is 0.946. The first kappa shape index (κ1) is 9.53. The van der Waals surface area contributed by atoms with Gasteiger partial charge in [-0.15, -0.1) is 0 Å². The lowest BCUT2D eigenvalue weighted by Crippen LogP contribution is -2.02. The van der Waals surface area contributed by atoms with Gasteiger partial charge in [-0.25, -0.2) is 0 Å². The smallest absolute Gasteiger partial charge is 0.119 e. The Kier molecular flexibility index (Phi) is 3.04. The molecule has 0 amide bonds. The molecule has 0 aromatic heterocycles. The van der Waals surface area contributed by atoms with E-state index < -0.39 is 0 Å². The molecule has 2 rings (SSSR count). The second kappa shape index (κ2) is 4.47. The Hall–Kier alpha value is -1.02. The van der Waals surface area contributed by atoms with Gasteiger partial charge in [-0.05, 0) is 18.6 Å². The summed E-state index contributed by atoms with van der Waals surface area (Å²) in [6.07, 6.45) is 3.07. The van der Waals surface area contributed by atoms with E-state index in [1.54, 1.807) is 0 Å². The van der Waals surface area contributed by atoms with Crippen LogP contribution in [0.1, 0.15) is 19.8 Å². The largest absolute Gasteiger partial charge is 0.493 e. The van der Waals surface area contributed by atoms with Gasteiger partial charge in [-0.2, -0.15) is 0 Å². The summed E-state index contributed by atoms with van der Waals surface area (Å²) in [4.78, 5) is 0. The average Bonchev–Trinajstić information content (AvgIpc) is 2.98. The molecule has 1 fully saturated rings. The highest BCUT2D eigenvalue weighted by Gasteiger charge is 2.36. The van der Waals surface area contributed by atoms with Crippen molar-refractivity contribution in [3.8, 4) is 5.75 Å². The fraction of sp³-hybridized carbons (Fsp3) is 0.500. The summed E-state index contributed by atoms with van der Waals surface area (Å²) in [5.41, 5.74) is 0. The van der Waals surface area contributed by atoms with E-state index in [4.69, 9.17) is 9.47 Å². The van der Waals surface area contributed by atoms with Crippen LogP contribution in [-0.4, -0.2) is 18.8 Å². The minimum absolute atomic E-state index is 0.448. The maximum absolute atomic E-state index is 5.57. The minimum atomic E-state index is 0.448.